The highest BCUT2D eigenvalue weighted by Gasteiger charge is 2.18. The molecule has 0 aliphatic rings. The molecule has 0 radical (unpaired) electrons. The van der Waals surface area contributed by atoms with Gasteiger partial charge in [-0.2, -0.15) is 0 Å². The van der Waals surface area contributed by atoms with E-state index in [2.05, 4.69) is 182 Å². The lowest BCUT2D eigenvalue weighted by Gasteiger charge is -2.20. The van der Waals surface area contributed by atoms with Gasteiger partial charge in [-0.25, -0.2) is 0 Å². The van der Waals surface area contributed by atoms with Crippen LogP contribution in [0.15, 0.2) is 182 Å². The second kappa shape index (κ2) is 12.9. The van der Waals surface area contributed by atoms with Crippen molar-refractivity contribution in [3.8, 4) is 44.5 Å². The molecule has 8 rings (SSSR count). The molecular formula is C46H34O. The molecule has 0 saturated carbocycles. The van der Waals surface area contributed by atoms with E-state index in [1.807, 2.05) is 0 Å². The van der Waals surface area contributed by atoms with Gasteiger partial charge in [-0.15, -0.1) is 0 Å². The van der Waals surface area contributed by atoms with Gasteiger partial charge in [0.15, 0.2) is 0 Å². The second-order valence-electron chi connectivity index (χ2n) is 12.0. The molecule has 0 fully saturated rings. The Morgan fingerprint density at radius 1 is 0.298 bits per heavy atom. The standard InChI is InChI=1S/C46H34O/c1-3-15-35(16-4-1)41-27-13-23-37(45(41)43-29-11-21-33-19-7-9-25-39(33)43)31-47-32-38-24-14-28-42(36-17-5-2-6-18-36)46(38)44-30-12-22-34-20-8-10-26-40(34)44/h1-30H,31-32H2. The van der Waals surface area contributed by atoms with Crippen LogP contribution in [-0.4, -0.2) is 0 Å². The SMILES string of the molecule is c1ccc(-c2cccc(COCc3cccc(-c4ccccc4)c3-c3cccc4ccccc34)c2-c2cccc3ccccc23)cc1. The molecule has 0 aromatic heterocycles. The first-order valence-electron chi connectivity index (χ1n) is 16.2. The zero-order chi connectivity index (χ0) is 31.4. The Morgan fingerprint density at radius 3 is 1.13 bits per heavy atom. The average Bonchev–Trinajstić information content (AvgIpc) is 3.15. The minimum Gasteiger partial charge on any atom is -0.372 e. The number of hydrogen-bond donors (Lipinski definition) is 0. The maximum Gasteiger partial charge on any atom is 0.0727 e. The number of fused-ring (bicyclic) bond motifs is 2. The molecule has 1 heteroatoms. The summed E-state index contributed by atoms with van der Waals surface area (Å²) in [5, 5.41) is 4.95. The summed E-state index contributed by atoms with van der Waals surface area (Å²) in [6.07, 6.45) is 0. The van der Waals surface area contributed by atoms with Crippen LogP contribution in [0, 0.1) is 0 Å². The fourth-order valence-electron chi connectivity index (χ4n) is 6.95. The van der Waals surface area contributed by atoms with Gasteiger partial charge in [0.1, 0.15) is 0 Å². The number of hydrogen-bond acceptors (Lipinski definition) is 1. The highest BCUT2D eigenvalue weighted by atomic mass is 16.5. The minimum absolute atomic E-state index is 0.490. The van der Waals surface area contributed by atoms with Crippen molar-refractivity contribution >= 4 is 21.5 Å². The summed E-state index contributed by atoms with van der Waals surface area (Å²) in [7, 11) is 0. The first kappa shape index (κ1) is 28.7. The van der Waals surface area contributed by atoms with E-state index in [4.69, 9.17) is 4.74 Å². The van der Waals surface area contributed by atoms with Crippen LogP contribution in [-0.2, 0) is 18.0 Å². The van der Waals surface area contributed by atoms with Gasteiger partial charge in [-0.3, -0.25) is 0 Å². The Balaban J connectivity index is 1.22. The predicted molar refractivity (Wildman–Crippen MR) is 198 cm³/mol. The van der Waals surface area contributed by atoms with Crippen LogP contribution in [0.25, 0.3) is 66.1 Å². The molecule has 0 aliphatic heterocycles. The van der Waals surface area contributed by atoms with Crippen LogP contribution in [0.1, 0.15) is 11.1 Å². The van der Waals surface area contributed by atoms with Gasteiger partial charge in [0.2, 0.25) is 0 Å². The quantitative estimate of drug-likeness (QED) is 0.168. The molecule has 0 N–H and O–H groups in total. The normalized spacial score (nSPS) is 11.2. The molecule has 8 aromatic rings. The van der Waals surface area contributed by atoms with Crippen molar-refractivity contribution in [3.63, 3.8) is 0 Å². The third kappa shape index (κ3) is 5.63. The van der Waals surface area contributed by atoms with E-state index >= 15 is 0 Å². The van der Waals surface area contributed by atoms with Gasteiger partial charge in [-0.05, 0) is 77.2 Å². The molecule has 0 bridgehead atoms. The fourth-order valence-corrected chi connectivity index (χ4v) is 6.95. The van der Waals surface area contributed by atoms with Crippen molar-refractivity contribution in [1.29, 1.82) is 0 Å². The summed E-state index contributed by atoms with van der Waals surface area (Å²) in [6.45, 7) is 0.980. The highest BCUT2D eigenvalue weighted by molar-refractivity contribution is 6.02. The maximum atomic E-state index is 6.74. The maximum absolute atomic E-state index is 6.74. The molecule has 0 aliphatic carbocycles. The number of ether oxygens (including phenoxy) is 1. The molecule has 47 heavy (non-hydrogen) atoms. The van der Waals surface area contributed by atoms with Crippen LogP contribution in [0.2, 0.25) is 0 Å². The second-order valence-corrected chi connectivity index (χ2v) is 12.0. The van der Waals surface area contributed by atoms with Crippen LogP contribution in [0.4, 0.5) is 0 Å². The van der Waals surface area contributed by atoms with Crippen molar-refractivity contribution in [2.24, 2.45) is 0 Å². The Kier molecular flexibility index (Phi) is 7.89. The molecule has 1 nitrogen and oxygen atoms in total. The third-order valence-corrected chi connectivity index (χ3v) is 9.10. The summed E-state index contributed by atoms with van der Waals surface area (Å²) in [5.41, 5.74) is 12.1. The Bertz CT molecular complexity index is 2140. The fraction of sp³-hybridized carbons (Fsp3) is 0.0435. The minimum atomic E-state index is 0.490. The number of rotatable bonds is 8. The van der Waals surface area contributed by atoms with Gasteiger partial charge in [-0.1, -0.05) is 182 Å². The average molecular weight is 603 g/mol. The van der Waals surface area contributed by atoms with Gasteiger partial charge >= 0.3 is 0 Å². The van der Waals surface area contributed by atoms with Crippen LogP contribution in [0.5, 0.6) is 0 Å². The summed E-state index contributed by atoms with van der Waals surface area (Å²) in [5.74, 6) is 0. The van der Waals surface area contributed by atoms with Gasteiger partial charge in [0.05, 0.1) is 13.2 Å². The van der Waals surface area contributed by atoms with E-state index in [-0.39, 0.29) is 0 Å². The van der Waals surface area contributed by atoms with Crippen molar-refractivity contribution < 1.29 is 4.74 Å². The highest BCUT2D eigenvalue weighted by Crippen LogP contribution is 2.41. The van der Waals surface area contributed by atoms with Gasteiger partial charge < -0.3 is 4.74 Å². The lowest BCUT2D eigenvalue weighted by atomic mass is 9.88. The van der Waals surface area contributed by atoms with E-state index < -0.39 is 0 Å². The smallest absolute Gasteiger partial charge is 0.0727 e. The lowest BCUT2D eigenvalue weighted by Crippen LogP contribution is -2.01. The van der Waals surface area contributed by atoms with Crippen molar-refractivity contribution in [1.82, 2.24) is 0 Å². The van der Waals surface area contributed by atoms with Crippen LogP contribution < -0.4 is 0 Å². The monoisotopic (exact) mass is 602 g/mol. The zero-order valence-corrected chi connectivity index (χ0v) is 26.1. The lowest BCUT2D eigenvalue weighted by molar-refractivity contribution is 0.108. The molecule has 8 aromatic carbocycles. The predicted octanol–water partition coefficient (Wildman–Crippen LogP) is 12.4. The Morgan fingerprint density at radius 2 is 0.660 bits per heavy atom. The summed E-state index contributed by atoms with van der Waals surface area (Å²) < 4.78 is 6.74. The molecule has 0 atom stereocenters. The molecule has 0 unspecified atom stereocenters. The summed E-state index contributed by atoms with van der Waals surface area (Å²) >= 11 is 0. The van der Waals surface area contributed by atoms with Gasteiger partial charge in [0.25, 0.3) is 0 Å². The molecule has 0 spiro atoms. The third-order valence-electron chi connectivity index (χ3n) is 9.10. The summed E-state index contributed by atoms with van der Waals surface area (Å²) in [6, 6.07) is 65.1. The van der Waals surface area contributed by atoms with E-state index in [9.17, 15) is 0 Å². The van der Waals surface area contributed by atoms with E-state index in [0.29, 0.717) is 13.2 Å². The zero-order valence-electron chi connectivity index (χ0n) is 26.1. The molecular weight excluding hydrogens is 569 g/mol. The van der Waals surface area contributed by atoms with E-state index in [1.54, 1.807) is 0 Å². The molecule has 0 amide bonds. The van der Waals surface area contributed by atoms with Gasteiger partial charge in [0, 0.05) is 0 Å². The first-order chi connectivity index (χ1) is 23.3. The largest absolute Gasteiger partial charge is 0.372 e. The first-order valence-corrected chi connectivity index (χ1v) is 16.2. The molecule has 0 heterocycles. The molecule has 0 saturated heterocycles. The summed E-state index contributed by atoms with van der Waals surface area (Å²) in [4.78, 5) is 0. The van der Waals surface area contributed by atoms with Crippen molar-refractivity contribution in [2.75, 3.05) is 0 Å². The topological polar surface area (TPSA) is 9.23 Å². The number of benzene rings is 8. The van der Waals surface area contributed by atoms with Crippen molar-refractivity contribution in [2.45, 2.75) is 13.2 Å². The Labute approximate surface area is 276 Å². The van der Waals surface area contributed by atoms with Crippen molar-refractivity contribution in [3.05, 3.63) is 193 Å². The van der Waals surface area contributed by atoms with Crippen LogP contribution >= 0.6 is 0 Å². The van der Waals surface area contributed by atoms with E-state index in [1.165, 1.54) is 77.2 Å². The van der Waals surface area contributed by atoms with E-state index in [0.717, 1.165) is 0 Å². The molecule has 224 valence electrons. The van der Waals surface area contributed by atoms with Crippen LogP contribution in [0.3, 0.4) is 0 Å². The Hall–Kier alpha value is -5.76.